The zero-order valence-electron chi connectivity index (χ0n) is 9.33. The van der Waals surface area contributed by atoms with Crippen LogP contribution in [0.2, 0.25) is 0 Å². The van der Waals surface area contributed by atoms with E-state index in [9.17, 15) is 10.3 Å². The molecule has 0 aromatic carbocycles. The first kappa shape index (κ1) is 11.6. The Morgan fingerprint density at radius 1 is 1.14 bits per heavy atom. The molecule has 1 aliphatic rings. The normalized spacial score (nSPS) is 29.9. The molecule has 0 aliphatic carbocycles. The van der Waals surface area contributed by atoms with Crippen molar-refractivity contribution in [3.63, 3.8) is 0 Å². The summed E-state index contributed by atoms with van der Waals surface area (Å²) in [6, 6.07) is 0. The van der Waals surface area contributed by atoms with Crippen LogP contribution < -0.4 is 0 Å². The smallest absolute Gasteiger partial charge is 0.103 e. The minimum absolute atomic E-state index is 0.378. The third-order valence-electron chi connectivity index (χ3n) is 2.89. The first-order valence-corrected chi connectivity index (χ1v) is 4.86. The van der Waals surface area contributed by atoms with Crippen molar-refractivity contribution in [1.82, 2.24) is 5.06 Å². The quantitative estimate of drug-likeness (QED) is 0.561. The molecule has 4 nitrogen and oxygen atoms in total. The van der Waals surface area contributed by atoms with E-state index in [4.69, 9.17) is 5.41 Å². The number of nitrogens with one attached hydrogen (secondary N) is 1. The van der Waals surface area contributed by atoms with Gasteiger partial charge in [0.25, 0.3) is 0 Å². The molecule has 14 heavy (non-hydrogen) atoms. The standard InChI is InChI=1S/C10H20N2O2/c1-8(2)5-10(13,7-11)6-9(3,4)12(8)14/h7,11,13-14H,5-6H2,1-4H3. The van der Waals surface area contributed by atoms with Gasteiger partial charge in [0.1, 0.15) is 5.60 Å². The molecule has 0 aromatic rings. The van der Waals surface area contributed by atoms with Crippen LogP contribution in [0, 0.1) is 5.41 Å². The maximum Gasteiger partial charge on any atom is 0.103 e. The molecule has 0 amide bonds. The summed E-state index contributed by atoms with van der Waals surface area (Å²) in [5, 5.41) is 28.6. The van der Waals surface area contributed by atoms with Crippen molar-refractivity contribution in [2.45, 2.75) is 57.2 Å². The average Bonchev–Trinajstić information content (AvgIpc) is 1.99. The highest BCUT2D eigenvalue weighted by atomic mass is 16.5. The molecule has 4 heteroatoms. The van der Waals surface area contributed by atoms with Gasteiger partial charge < -0.3 is 15.7 Å². The summed E-state index contributed by atoms with van der Waals surface area (Å²) in [5.41, 5.74) is -2.10. The number of piperidine rings is 1. The van der Waals surface area contributed by atoms with E-state index >= 15 is 0 Å². The van der Waals surface area contributed by atoms with Crippen LogP contribution in [-0.2, 0) is 0 Å². The van der Waals surface area contributed by atoms with Crippen LogP contribution >= 0.6 is 0 Å². The molecule has 0 unspecified atom stereocenters. The van der Waals surface area contributed by atoms with Crippen LogP contribution in [0.25, 0.3) is 0 Å². The van der Waals surface area contributed by atoms with E-state index in [1.165, 1.54) is 5.06 Å². The van der Waals surface area contributed by atoms with E-state index in [1.807, 2.05) is 27.7 Å². The van der Waals surface area contributed by atoms with Gasteiger partial charge in [-0.05, 0) is 27.7 Å². The molecule has 1 heterocycles. The lowest BCUT2D eigenvalue weighted by atomic mass is 9.73. The van der Waals surface area contributed by atoms with Crippen LogP contribution in [0.5, 0.6) is 0 Å². The maximum absolute atomic E-state index is 10.1. The van der Waals surface area contributed by atoms with Crippen molar-refractivity contribution in [3.05, 3.63) is 0 Å². The van der Waals surface area contributed by atoms with E-state index < -0.39 is 16.7 Å². The van der Waals surface area contributed by atoms with Crippen LogP contribution in [0.1, 0.15) is 40.5 Å². The monoisotopic (exact) mass is 200 g/mol. The van der Waals surface area contributed by atoms with E-state index in [0.717, 1.165) is 6.21 Å². The molecule has 1 aliphatic heterocycles. The predicted octanol–water partition coefficient (Wildman–Crippen LogP) is 1.41. The molecule has 1 fully saturated rings. The molecule has 0 aromatic heterocycles. The maximum atomic E-state index is 10.1. The van der Waals surface area contributed by atoms with Crippen molar-refractivity contribution in [1.29, 1.82) is 5.41 Å². The first-order valence-electron chi connectivity index (χ1n) is 4.86. The van der Waals surface area contributed by atoms with E-state index in [-0.39, 0.29) is 0 Å². The van der Waals surface area contributed by atoms with Crippen molar-refractivity contribution in [2.24, 2.45) is 0 Å². The summed E-state index contributed by atoms with van der Waals surface area (Å²) < 4.78 is 0. The van der Waals surface area contributed by atoms with E-state index in [2.05, 4.69) is 0 Å². The topological polar surface area (TPSA) is 67.5 Å². The predicted molar refractivity (Wildman–Crippen MR) is 54.8 cm³/mol. The second kappa shape index (κ2) is 3.02. The zero-order valence-corrected chi connectivity index (χ0v) is 9.33. The molecule has 0 bridgehead atoms. The van der Waals surface area contributed by atoms with Gasteiger partial charge in [-0.2, -0.15) is 5.06 Å². The molecular weight excluding hydrogens is 180 g/mol. The Labute approximate surface area is 85.0 Å². The highest BCUT2D eigenvalue weighted by Crippen LogP contribution is 2.41. The Hall–Kier alpha value is -0.450. The van der Waals surface area contributed by atoms with Gasteiger partial charge in [-0.1, -0.05) is 0 Å². The lowest BCUT2D eigenvalue weighted by Crippen LogP contribution is -2.64. The Bertz CT molecular complexity index is 231. The van der Waals surface area contributed by atoms with Crippen LogP contribution in [-0.4, -0.2) is 38.3 Å². The molecule has 1 saturated heterocycles. The second-order valence-corrected chi connectivity index (χ2v) is 5.54. The van der Waals surface area contributed by atoms with Crippen molar-refractivity contribution >= 4 is 6.21 Å². The summed E-state index contributed by atoms with van der Waals surface area (Å²) in [7, 11) is 0. The average molecular weight is 200 g/mol. The van der Waals surface area contributed by atoms with Gasteiger partial charge in [-0.15, -0.1) is 0 Å². The Kier molecular flexibility index (Phi) is 2.51. The molecular formula is C10H20N2O2. The third kappa shape index (κ3) is 1.82. The van der Waals surface area contributed by atoms with Crippen molar-refractivity contribution < 1.29 is 10.3 Å². The minimum Gasteiger partial charge on any atom is -0.384 e. The van der Waals surface area contributed by atoms with E-state index in [0.29, 0.717) is 12.8 Å². The lowest BCUT2D eigenvalue weighted by Gasteiger charge is -2.53. The molecule has 82 valence electrons. The number of hydrogen-bond acceptors (Lipinski definition) is 4. The summed E-state index contributed by atoms with van der Waals surface area (Å²) in [6.07, 6.45) is 1.84. The molecule has 1 rings (SSSR count). The highest BCUT2D eigenvalue weighted by molar-refractivity contribution is 5.65. The fourth-order valence-electron chi connectivity index (χ4n) is 2.63. The third-order valence-corrected chi connectivity index (χ3v) is 2.89. The summed E-state index contributed by atoms with van der Waals surface area (Å²) in [5.74, 6) is 0. The number of hydroxylamine groups is 2. The summed E-state index contributed by atoms with van der Waals surface area (Å²) in [4.78, 5) is 0. The van der Waals surface area contributed by atoms with Crippen molar-refractivity contribution in [2.75, 3.05) is 0 Å². The SMILES string of the molecule is CC1(C)CC(O)(C=N)CC(C)(C)N1O. The number of rotatable bonds is 1. The van der Waals surface area contributed by atoms with E-state index in [1.54, 1.807) is 0 Å². The number of aliphatic hydroxyl groups is 1. The second-order valence-electron chi connectivity index (χ2n) is 5.54. The van der Waals surface area contributed by atoms with Crippen LogP contribution in [0.4, 0.5) is 0 Å². The largest absolute Gasteiger partial charge is 0.384 e. The number of hydrogen-bond donors (Lipinski definition) is 3. The highest BCUT2D eigenvalue weighted by Gasteiger charge is 2.50. The molecule has 0 spiro atoms. The zero-order chi connectivity index (χ0) is 11.2. The Morgan fingerprint density at radius 3 is 1.79 bits per heavy atom. The van der Waals surface area contributed by atoms with Gasteiger partial charge in [0.15, 0.2) is 0 Å². The fraction of sp³-hybridized carbons (Fsp3) is 0.900. The van der Waals surface area contributed by atoms with Gasteiger partial charge in [0.2, 0.25) is 0 Å². The summed E-state index contributed by atoms with van der Waals surface area (Å²) in [6.45, 7) is 7.45. The van der Waals surface area contributed by atoms with Gasteiger partial charge in [-0.25, -0.2) is 0 Å². The van der Waals surface area contributed by atoms with Gasteiger partial charge >= 0.3 is 0 Å². The van der Waals surface area contributed by atoms with Gasteiger partial charge in [-0.3, -0.25) is 0 Å². The first-order chi connectivity index (χ1) is 6.13. The lowest BCUT2D eigenvalue weighted by molar-refractivity contribution is -0.264. The molecule has 0 saturated carbocycles. The Balaban J connectivity index is 3.03. The van der Waals surface area contributed by atoms with Crippen molar-refractivity contribution in [3.8, 4) is 0 Å². The molecule has 0 atom stereocenters. The fourth-order valence-corrected chi connectivity index (χ4v) is 2.63. The Morgan fingerprint density at radius 2 is 1.50 bits per heavy atom. The van der Waals surface area contributed by atoms with Gasteiger partial charge in [0.05, 0.1) is 0 Å². The summed E-state index contributed by atoms with van der Waals surface area (Å²) >= 11 is 0. The van der Waals surface area contributed by atoms with Crippen LogP contribution in [0.3, 0.4) is 0 Å². The minimum atomic E-state index is -1.09. The van der Waals surface area contributed by atoms with Gasteiger partial charge in [0, 0.05) is 30.1 Å². The molecule has 3 N–H and O–H groups in total. The number of nitrogens with zero attached hydrogens (tertiary/aromatic N) is 1. The van der Waals surface area contributed by atoms with Crippen LogP contribution in [0.15, 0.2) is 0 Å². The molecule has 0 radical (unpaired) electrons.